The Morgan fingerprint density at radius 3 is 2.80 bits per heavy atom. The number of halogens is 1. The summed E-state index contributed by atoms with van der Waals surface area (Å²) in [6.07, 6.45) is 0. The van der Waals surface area contributed by atoms with E-state index < -0.39 is 5.91 Å². The second kappa shape index (κ2) is 5.35. The molecule has 2 rings (SSSR count). The van der Waals surface area contributed by atoms with E-state index in [-0.39, 0.29) is 5.69 Å². The number of anilines is 2. The van der Waals surface area contributed by atoms with Gasteiger partial charge in [-0.05, 0) is 25.1 Å². The van der Waals surface area contributed by atoms with E-state index in [4.69, 9.17) is 11.0 Å². The Morgan fingerprint density at radius 2 is 2.25 bits per heavy atom. The minimum Gasteiger partial charge on any atom is -0.395 e. The molecule has 0 spiro atoms. The molecule has 2 aromatic rings. The summed E-state index contributed by atoms with van der Waals surface area (Å²) >= 11 is 3.30. The molecular weight excluding hydrogens is 322 g/mol. The summed E-state index contributed by atoms with van der Waals surface area (Å²) in [5.74, 6) is -0.403. The summed E-state index contributed by atoms with van der Waals surface area (Å²) in [5.41, 5.74) is 7.83. The number of carbonyl (C=O) groups excluding carboxylic acids is 1. The molecule has 3 N–H and O–H groups in total. The van der Waals surface area contributed by atoms with Gasteiger partial charge in [0.2, 0.25) is 0 Å². The Hall–Kier alpha value is -2.33. The molecule has 0 saturated carbocycles. The Morgan fingerprint density at radius 1 is 1.55 bits per heavy atom. The number of amides is 1. The van der Waals surface area contributed by atoms with Crippen LogP contribution in [0, 0.1) is 18.3 Å². The molecule has 1 aromatic heterocycles. The Labute approximate surface area is 124 Å². The van der Waals surface area contributed by atoms with Gasteiger partial charge in [0.15, 0.2) is 0 Å². The fraction of sp³-hybridized carbons (Fsp3) is 0.154. The van der Waals surface area contributed by atoms with Crippen LogP contribution in [0.5, 0.6) is 0 Å². The smallest absolute Gasteiger partial charge is 0.276 e. The number of benzene rings is 1. The first-order chi connectivity index (χ1) is 9.43. The van der Waals surface area contributed by atoms with Crippen LogP contribution in [-0.4, -0.2) is 15.7 Å². The lowest BCUT2D eigenvalue weighted by atomic mass is 10.2. The van der Waals surface area contributed by atoms with Crippen molar-refractivity contribution < 1.29 is 4.79 Å². The normalized spacial score (nSPS) is 10.1. The minimum atomic E-state index is -0.403. The number of carbonyl (C=O) groups is 1. The Bertz CT molecular complexity index is 729. The molecule has 1 amide bonds. The zero-order chi connectivity index (χ0) is 14.9. The lowest BCUT2D eigenvalue weighted by Crippen LogP contribution is -2.18. The minimum absolute atomic E-state index is 0.270. The highest BCUT2D eigenvalue weighted by molar-refractivity contribution is 9.10. The van der Waals surface area contributed by atoms with Crippen molar-refractivity contribution >= 4 is 33.2 Å². The highest BCUT2D eigenvalue weighted by Crippen LogP contribution is 2.23. The highest BCUT2D eigenvalue weighted by atomic mass is 79.9. The molecule has 0 atom stereocenters. The quantitative estimate of drug-likeness (QED) is 0.880. The van der Waals surface area contributed by atoms with E-state index in [1.54, 1.807) is 32.2 Å². The molecule has 1 aromatic carbocycles. The molecule has 0 saturated heterocycles. The van der Waals surface area contributed by atoms with Crippen LogP contribution < -0.4 is 11.1 Å². The molecule has 0 aliphatic carbocycles. The third kappa shape index (κ3) is 2.51. The van der Waals surface area contributed by atoms with Crippen molar-refractivity contribution in [3.63, 3.8) is 0 Å². The van der Waals surface area contributed by atoms with Crippen molar-refractivity contribution in [1.29, 1.82) is 5.26 Å². The summed E-state index contributed by atoms with van der Waals surface area (Å²) < 4.78 is 2.19. The van der Waals surface area contributed by atoms with E-state index in [0.29, 0.717) is 22.6 Å². The molecule has 0 aliphatic rings. The summed E-state index contributed by atoms with van der Waals surface area (Å²) in [5, 5.41) is 15.8. The van der Waals surface area contributed by atoms with Gasteiger partial charge in [0.1, 0.15) is 11.8 Å². The first-order valence-corrected chi connectivity index (χ1v) is 6.53. The van der Waals surface area contributed by atoms with Gasteiger partial charge in [-0.3, -0.25) is 9.48 Å². The number of nitrogens with one attached hydrogen (secondary N) is 1. The molecule has 0 unspecified atom stereocenters. The molecular formula is C13H12BrN5O. The van der Waals surface area contributed by atoms with Crippen molar-refractivity contribution in [3.05, 3.63) is 39.6 Å². The zero-order valence-electron chi connectivity index (χ0n) is 10.9. The predicted molar refractivity (Wildman–Crippen MR) is 79.2 cm³/mol. The molecule has 6 nitrogen and oxygen atoms in total. The number of hydrogen-bond acceptors (Lipinski definition) is 4. The molecule has 0 aliphatic heterocycles. The van der Waals surface area contributed by atoms with E-state index >= 15 is 0 Å². The van der Waals surface area contributed by atoms with Gasteiger partial charge in [-0.25, -0.2) is 0 Å². The van der Waals surface area contributed by atoms with Crippen LogP contribution in [0.3, 0.4) is 0 Å². The topological polar surface area (TPSA) is 96.7 Å². The maximum absolute atomic E-state index is 12.3. The van der Waals surface area contributed by atoms with Gasteiger partial charge in [-0.2, -0.15) is 10.4 Å². The molecule has 0 fully saturated rings. The van der Waals surface area contributed by atoms with Crippen molar-refractivity contribution in [2.45, 2.75) is 6.92 Å². The molecule has 1 heterocycles. The molecule has 0 radical (unpaired) electrons. The number of nitrogens with zero attached hydrogens (tertiary/aromatic N) is 3. The van der Waals surface area contributed by atoms with Crippen molar-refractivity contribution in [1.82, 2.24) is 9.78 Å². The molecule has 20 heavy (non-hydrogen) atoms. The summed E-state index contributed by atoms with van der Waals surface area (Å²) in [6.45, 7) is 1.73. The Balaban J connectivity index is 2.38. The van der Waals surface area contributed by atoms with Crippen molar-refractivity contribution in [2.75, 3.05) is 11.1 Å². The van der Waals surface area contributed by atoms with Gasteiger partial charge >= 0.3 is 0 Å². The lowest BCUT2D eigenvalue weighted by molar-refractivity contribution is 0.101. The van der Waals surface area contributed by atoms with E-state index in [9.17, 15) is 4.79 Å². The van der Waals surface area contributed by atoms with Gasteiger partial charge < -0.3 is 11.1 Å². The van der Waals surface area contributed by atoms with Crippen LogP contribution in [0.15, 0.2) is 22.7 Å². The largest absolute Gasteiger partial charge is 0.395 e. The van der Waals surface area contributed by atoms with Gasteiger partial charge in [0.25, 0.3) is 5.91 Å². The summed E-state index contributed by atoms with van der Waals surface area (Å²) in [4.78, 5) is 12.3. The second-order valence-corrected chi connectivity index (χ2v) is 5.14. The van der Waals surface area contributed by atoms with Crippen LogP contribution in [0.4, 0.5) is 11.4 Å². The van der Waals surface area contributed by atoms with E-state index in [1.165, 1.54) is 4.68 Å². The number of aromatic nitrogens is 2. The van der Waals surface area contributed by atoms with E-state index in [0.717, 1.165) is 4.47 Å². The summed E-state index contributed by atoms with van der Waals surface area (Å²) in [7, 11) is 1.64. The number of nitriles is 1. The molecule has 102 valence electrons. The van der Waals surface area contributed by atoms with Crippen molar-refractivity contribution in [3.8, 4) is 6.07 Å². The maximum Gasteiger partial charge on any atom is 0.276 e. The van der Waals surface area contributed by atoms with Crippen LogP contribution in [-0.2, 0) is 7.05 Å². The monoisotopic (exact) mass is 333 g/mol. The number of nitrogen functional groups attached to an aromatic ring is 1. The van der Waals surface area contributed by atoms with Crippen molar-refractivity contribution in [2.24, 2.45) is 7.05 Å². The lowest BCUT2D eigenvalue weighted by Gasteiger charge is -2.08. The third-order valence-corrected chi connectivity index (χ3v) is 3.33. The van der Waals surface area contributed by atoms with Crippen LogP contribution in [0.25, 0.3) is 0 Å². The van der Waals surface area contributed by atoms with Crippen LogP contribution in [0.1, 0.15) is 21.7 Å². The molecule has 7 heteroatoms. The molecule has 0 bridgehead atoms. The maximum atomic E-state index is 12.3. The first kappa shape index (κ1) is 14.1. The van der Waals surface area contributed by atoms with Gasteiger partial charge in [-0.1, -0.05) is 15.9 Å². The van der Waals surface area contributed by atoms with Crippen LogP contribution in [0.2, 0.25) is 0 Å². The van der Waals surface area contributed by atoms with E-state index in [2.05, 4.69) is 26.3 Å². The SMILES string of the molecule is Cc1nn(C)c(C(=O)Nc2cc(Br)ccc2C#N)c1N. The van der Waals surface area contributed by atoms with Gasteiger partial charge in [0, 0.05) is 11.5 Å². The first-order valence-electron chi connectivity index (χ1n) is 5.74. The van der Waals surface area contributed by atoms with Gasteiger partial charge in [-0.15, -0.1) is 0 Å². The Kier molecular flexibility index (Phi) is 3.77. The summed E-state index contributed by atoms with van der Waals surface area (Å²) in [6, 6.07) is 7.04. The third-order valence-electron chi connectivity index (χ3n) is 2.83. The standard InChI is InChI=1S/C13H12BrN5O/c1-7-11(16)12(19(2)18-7)13(20)17-10-5-9(14)4-3-8(10)6-15/h3-5H,16H2,1-2H3,(H,17,20). The highest BCUT2D eigenvalue weighted by Gasteiger charge is 2.19. The number of aryl methyl sites for hydroxylation is 2. The predicted octanol–water partition coefficient (Wildman–Crippen LogP) is 2.20. The van der Waals surface area contributed by atoms with Crippen LogP contribution >= 0.6 is 15.9 Å². The van der Waals surface area contributed by atoms with Gasteiger partial charge in [0.05, 0.1) is 22.6 Å². The number of hydrogen-bond donors (Lipinski definition) is 2. The fourth-order valence-corrected chi connectivity index (χ4v) is 2.20. The average molecular weight is 334 g/mol. The zero-order valence-corrected chi connectivity index (χ0v) is 12.5. The average Bonchev–Trinajstić information content (AvgIpc) is 2.63. The van der Waals surface area contributed by atoms with E-state index in [1.807, 2.05) is 6.07 Å². The second-order valence-electron chi connectivity index (χ2n) is 4.23. The number of nitrogens with two attached hydrogens (primary N) is 1. The fourth-order valence-electron chi connectivity index (χ4n) is 1.84. The number of rotatable bonds is 2.